The molecule has 1 aliphatic rings. The van der Waals surface area contributed by atoms with Crippen molar-refractivity contribution in [3.05, 3.63) is 87.2 Å². The number of rotatable bonds is 7. The van der Waals surface area contributed by atoms with E-state index >= 15 is 0 Å². The second-order valence-electron chi connectivity index (χ2n) is 9.47. The molecule has 0 aliphatic carbocycles. The average Bonchev–Trinajstić information content (AvgIpc) is 3.54. The van der Waals surface area contributed by atoms with Crippen molar-refractivity contribution in [3.63, 3.8) is 0 Å². The second kappa shape index (κ2) is 10.4. The predicted molar refractivity (Wildman–Crippen MR) is 153 cm³/mol. The van der Waals surface area contributed by atoms with Gasteiger partial charge in [0.05, 0.1) is 29.4 Å². The van der Waals surface area contributed by atoms with Gasteiger partial charge in [-0.1, -0.05) is 30.3 Å². The molecule has 0 atom stereocenters. The van der Waals surface area contributed by atoms with Gasteiger partial charge in [0.15, 0.2) is 5.82 Å². The number of methoxy groups -OCH3 is 1. The minimum atomic E-state index is -0.357. The Morgan fingerprint density at radius 1 is 1.10 bits per heavy atom. The number of nitrogens with zero attached hydrogens (tertiary/aromatic N) is 4. The number of hydrogen-bond donors (Lipinski definition) is 3. The highest BCUT2D eigenvalue weighted by atomic mass is 32.1. The fourth-order valence-corrected chi connectivity index (χ4v) is 5.71. The highest BCUT2D eigenvalue weighted by Crippen LogP contribution is 2.31. The summed E-state index contributed by atoms with van der Waals surface area (Å²) in [5, 5.41) is 18.7. The number of amides is 1. The molecule has 39 heavy (non-hydrogen) atoms. The normalized spacial score (nSPS) is 13.4. The average molecular weight is 542 g/mol. The third-order valence-electron chi connectivity index (χ3n) is 6.69. The van der Waals surface area contributed by atoms with Gasteiger partial charge in [-0.25, -0.2) is 5.10 Å². The molecule has 0 fully saturated rings. The summed E-state index contributed by atoms with van der Waals surface area (Å²) < 4.78 is 8.50. The molecule has 5 aromatic rings. The molecule has 0 spiro atoms. The van der Waals surface area contributed by atoms with Crippen molar-refractivity contribution in [2.45, 2.75) is 19.7 Å². The van der Waals surface area contributed by atoms with Crippen LogP contribution >= 0.6 is 11.3 Å². The maximum absolute atomic E-state index is 13.2. The Labute approximate surface area is 228 Å². The van der Waals surface area contributed by atoms with Crippen LogP contribution in [-0.4, -0.2) is 51.5 Å². The van der Waals surface area contributed by atoms with Crippen LogP contribution in [0.3, 0.4) is 0 Å². The number of thiophene rings is 1. The highest BCUT2D eigenvalue weighted by molar-refractivity contribution is 7.20. The lowest BCUT2D eigenvalue weighted by Crippen LogP contribution is -2.30. The molecular weight excluding hydrogens is 514 g/mol. The minimum Gasteiger partial charge on any atom is -0.380 e. The maximum atomic E-state index is 13.2. The van der Waals surface area contributed by atoms with Crippen LogP contribution in [0.25, 0.3) is 21.3 Å². The van der Waals surface area contributed by atoms with Gasteiger partial charge in [-0.3, -0.25) is 19.2 Å². The van der Waals surface area contributed by atoms with Crippen LogP contribution < -0.4 is 16.2 Å². The summed E-state index contributed by atoms with van der Waals surface area (Å²) in [6.07, 6.45) is 0. The molecule has 2 aromatic carbocycles. The zero-order valence-corrected chi connectivity index (χ0v) is 22.3. The number of benzene rings is 2. The standard InChI is InChI=1S/C28H27N7O3S/c1-34-10-11-35-18(15-34)13-26(33-35)29-23-14-22(31-32-27(23)36)19-7-5-8-21(20(19)16-38-2)30-28(37)25-12-17-6-3-4-9-24(17)39-25/h3-9,12-14H,10-11,15-16H2,1-2H3,(H,30,37)(H,32,36)(H,29,31,33). The third-order valence-corrected chi connectivity index (χ3v) is 7.81. The van der Waals surface area contributed by atoms with Crippen molar-refractivity contribution in [2.75, 3.05) is 31.3 Å². The Morgan fingerprint density at radius 3 is 2.82 bits per heavy atom. The first kappa shape index (κ1) is 25.0. The first-order valence-electron chi connectivity index (χ1n) is 12.5. The first-order valence-corrected chi connectivity index (χ1v) is 13.3. The molecule has 10 nitrogen and oxygen atoms in total. The van der Waals surface area contributed by atoms with E-state index in [2.05, 4.69) is 37.9 Å². The van der Waals surface area contributed by atoms with Gasteiger partial charge < -0.3 is 15.4 Å². The smallest absolute Gasteiger partial charge is 0.287 e. The highest BCUT2D eigenvalue weighted by Gasteiger charge is 2.19. The zero-order chi connectivity index (χ0) is 26.9. The van der Waals surface area contributed by atoms with Crippen molar-refractivity contribution >= 4 is 44.5 Å². The molecule has 0 bridgehead atoms. The molecule has 6 rings (SSSR count). The van der Waals surface area contributed by atoms with Crippen LogP contribution in [-0.2, 0) is 24.4 Å². The number of nitrogens with one attached hydrogen (secondary N) is 3. The van der Waals surface area contributed by atoms with E-state index in [-0.39, 0.29) is 18.1 Å². The van der Waals surface area contributed by atoms with Crippen LogP contribution in [0, 0.1) is 0 Å². The van der Waals surface area contributed by atoms with Gasteiger partial charge in [0.2, 0.25) is 0 Å². The van der Waals surface area contributed by atoms with Crippen LogP contribution in [0.5, 0.6) is 0 Å². The summed E-state index contributed by atoms with van der Waals surface area (Å²) in [5.74, 6) is 0.404. The van der Waals surface area contributed by atoms with E-state index in [1.165, 1.54) is 11.3 Å². The summed E-state index contributed by atoms with van der Waals surface area (Å²) in [6.45, 7) is 2.76. The van der Waals surface area contributed by atoms with Crippen LogP contribution in [0.2, 0.25) is 0 Å². The number of hydrogen-bond acceptors (Lipinski definition) is 8. The molecule has 0 radical (unpaired) electrons. The number of ether oxygens (including phenoxy) is 1. The van der Waals surface area contributed by atoms with Crippen molar-refractivity contribution < 1.29 is 9.53 Å². The first-order chi connectivity index (χ1) is 19.0. The van der Waals surface area contributed by atoms with E-state index < -0.39 is 0 Å². The lowest BCUT2D eigenvalue weighted by Gasteiger charge is -2.22. The number of carbonyl (C=O) groups excluding carboxylic acids is 1. The largest absolute Gasteiger partial charge is 0.380 e. The Bertz CT molecular complexity index is 1710. The lowest BCUT2D eigenvalue weighted by atomic mass is 10.0. The third kappa shape index (κ3) is 5.07. The van der Waals surface area contributed by atoms with Crippen molar-refractivity contribution in [2.24, 2.45) is 0 Å². The molecule has 0 saturated heterocycles. The summed E-state index contributed by atoms with van der Waals surface area (Å²) in [4.78, 5) is 28.7. The van der Waals surface area contributed by atoms with Crippen LogP contribution in [0.15, 0.2) is 65.5 Å². The lowest BCUT2D eigenvalue weighted by molar-refractivity contribution is 0.103. The van der Waals surface area contributed by atoms with Crippen molar-refractivity contribution in [3.8, 4) is 11.3 Å². The van der Waals surface area contributed by atoms with Gasteiger partial charge >= 0.3 is 0 Å². The van der Waals surface area contributed by atoms with E-state index in [1.807, 2.05) is 59.3 Å². The Kier molecular flexibility index (Phi) is 6.69. The molecule has 4 heterocycles. The molecule has 3 aromatic heterocycles. The van der Waals surface area contributed by atoms with Crippen molar-refractivity contribution in [1.29, 1.82) is 0 Å². The Hall–Kier alpha value is -4.32. The van der Waals surface area contributed by atoms with Gasteiger partial charge in [0, 0.05) is 47.8 Å². The van der Waals surface area contributed by atoms with E-state index in [0.29, 0.717) is 27.8 Å². The summed E-state index contributed by atoms with van der Waals surface area (Å²) >= 11 is 1.44. The van der Waals surface area contributed by atoms with Gasteiger partial charge in [0.25, 0.3) is 11.5 Å². The number of H-pyrrole nitrogens is 1. The van der Waals surface area contributed by atoms with E-state index in [1.54, 1.807) is 13.2 Å². The minimum absolute atomic E-state index is 0.197. The van der Waals surface area contributed by atoms with E-state index in [9.17, 15) is 9.59 Å². The molecule has 0 unspecified atom stereocenters. The fourth-order valence-electron chi connectivity index (χ4n) is 4.75. The van der Waals surface area contributed by atoms with Gasteiger partial charge in [-0.2, -0.15) is 10.2 Å². The number of aromatic amines is 1. The SMILES string of the molecule is COCc1c(NC(=O)c2cc3ccccc3s2)cccc1-c1cc(Nc2cc3n(n2)CCN(C)C3)c(=O)[nH]n1. The molecule has 198 valence electrons. The van der Waals surface area contributed by atoms with E-state index in [0.717, 1.165) is 46.5 Å². The topological polar surface area (TPSA) is 117 Å². The molecule has 1 aliphatic heterocycles. The summed E-state index contributed by atoms with van der Waals surface area (Å²) in [6, 6.07) is 19.0. The van der Waals surface area contributed by atoms with Crippen molar-refractivity contribution in [1.82, 2.24) is 24.9 Å². The number of carbonyl (C=O) groups is 1. The fraction of sp³-hybridized carbons (Fsp3) is 0.214. The summed E-state index contributed by atoms with van der Waals surface area (Å²) in [7, 11) is 3.67. The number of anilines is 3. The van der Waals surface area contributed by atoms with Gasteiger partial charge in [0.1, 0.15) is 5.69 Å². The predicted octanol–water partition coefficient (Wildman–Crippen LogP) is 4.44. The Balaban J connectivity index is 1.30. The number of likely N-dealkylation sites (N-methyl/N-ethyl adjacent to an activating group) is 1. The monoisotopic (exact) mass is 541 g/mol. The summed E-state index contributed by atoms with van der Waals surface area (Å²) in [5.41, 5.74) is 3.69. The maximum Gasteiger partial charge on any atom is 0.287 e. The van der Waals surface area contributed by atoms with Crippen LogP contribution in [0.4, 0.5) is 17.2 Å². The Morgan fingerprint density at radius 2 is 1.97 bits per heavy atom. The second-order valence-corrected chi connectivity index (χ2v) is 10.6. The number of fused-ring (bicyclic) bond motifs is 2. The quantitative estimate of drug-likeness (QED) is 0.279. The molecule has 0 saturated carbocycles. The van der Waals surface area contributed by atoms with Gasteiger partial charge in [-0.15, -0.1) is 11.3 Å². The molecule has 1 amide bonds. The van der Waals surface area contributed by atoms with Crippen LogP contribution in [0.1, 0.15) is 20.9 Å². The number of aromatic nitrogens is 4. The molecule has 3 N–H and O–H groups in total. The molecular formula is C28H27N7O3S. The van der Waals surface area contributed by atoms with Gasteiger partial charge in [-0.05, 0) is 36.7 Å². The molecule has 11 heteroatoms. The van der Waals surface area contributed by atoms with E-state index in [4.69, 9.17) is 4.74 Å². The zero-order valence-electron chi connectivity index (χ0n) is 21.5.